The van der Waals surface area contributed by atoms with E-state index in [1.165, 1.54) is 0 Å². The van der Waals surface area contributed by atoms with E-state index < -0.39 is 6.04 Å². The van der Waals surface area contributed by atoms with E-state index >= 15 is 0 Å². The van der Waals surface area contributed by atoms with Crippen molar-refractivity contribution in [3.05, 3.63) is 24.3 Å². The first-order chi connectivity index (χ1) is 7.95. The van der Waals surface area contributed by atoms with Gasteiger partial charge in [0.2, 0.25) is 5.91 Å². The van der Waals surface area contributed by atoms with Crippen molar-refractivity contribution in [1.29, 1.82) is 0 Å². The Labute approximate surface area is 102 Å². The summed E-state index contributed by atoms with van der Waals surface area (Å²) in [5.74, 6) is -0.0712. The van der Waals surface area contributed by atoms with Crippen molar-refractivity contribution in [3.63, 3.8) is 0 Å². The van der Waals surface area contributed by atoms with Crippen molar-refractivity contribution in [2.45, 2.75) is 45.8 Å². The average Bonchev–Trinajstić information content (AvgIpc) is 2.29. The first-order valence-electron chi connectivity index (χ1n) is 5.78. The molecule has 1 heterocycles. The molecule has 0 bridgehead atoms. The molecule has 94 valence electrons. The molecule has 0 unspecified atom stereocenters. The number of aromatic nitrogens is 2. The van der Waals surface area contributed by atoms with Crippen LogP contribution in [-0.2, 0) is 4.79 Å². The molecule has 1 amide bonds. The summed E-state index contributed by atoms with van der Waals surface area (Å²) in [5, 5.41) is 0. The Kier molecular flexibility index (Phi) is 4.57. The smallest absolute Gasteiger partial charge is 0.239 e. The average molecular weight is 236 g/mol. The van der Waals surface area contributed by atoms with Crippen LogP contribution in [0, 0.1) is 0 Å². The van der Waals surface area contributed by atoms with Crippen LogP contribution in [-0.4, -0.2) is 32.9 Å². The minimum atomic E-state index is -0.503. The molecular weight excluding hydrogens is 216 g/mol. The predicted octanol–water partition coefficient (Wildman–Crippen LogP) is 1.12. The molecule has 0 fully saturated rings. The third-order valence-electron chi connectivity index (χ3n) is 2.63. The van der Waals surface area contributed by atoms with Gasteiger partial charge in [0, 0.05) is 18.4 Å². The van der Waals surface area contributed by atoms with E-state index in [-0.39, 0.29) is 18.0 Å². The van der Waals surface area contributed by atoms with Crippen molar-refractivity contribution in [2.24, 2.45) is 5.73 Å². The fourth-order valence-electron chi connectivity index (χ4n) is 1.80. The largest absolute Gasteiger partial charge is 0.331 e. The summed E-state index contributed by atoms with van der Waals surface area (Å²) in [6.07, 6.45) is 4.92. The second kappa shape index (κ2) is 5.72. The molecule has 2 atom stereocenters. The van der Waals surface area contributed by atoms with Crippen LogP contribution in [0.2, 0.25) is 0 Å². The van der Waals surface area contributed by atoms with Gasteiger partial charge in [-0.15, -0.1) is 0 Å². The van der Waals surface area contributed by atoms with E-state index in [4.69, 9.17) is 5.73 Å². The van der Waals surface area contributed by atoms with Crippen LogP contribution < -0.4 is 5.73 Å². The highest BCUT2D eigenvalue weighted by atomic mass is 16.2. The molecule has 0 radical (unpaired) electrons. The molecular formula is C12H20N4O. The topological polar surface area (TPSA) is 72.1 Å². The van der Waals surface area contributed by atoms with E-state index in [9.17, 15) is 4.79 Å². The molecule has 0 saturated heterocycles. The molecule has 0 saturated carbocycles. The minimum absolute atomic E-state index is 0.0712. The molecule has 0 aliphatic rings. The molecule has 5 heteroatoms. The molecule has 2 N–H and O–H groups in total. The van der Waals surface area contributed by atoms with Crippen LogP contribution in [0.25, 0.3) is 0 Å². The van der Waals surface area contributed by atoms with Gasteiger partial charge in [-0.05, 0) is 27.7 Å². The maximum absolute atomic E-state index is 12.1. The Morgan fingerprint density at radius 1 is 1.29 bits per heavy atom. The number of hydrogen-bond acceptors (Lipinski definition) is 4. The summed E-state index contributed by atoms with van der Waals surface area (Å²) >= 11 is 0. The van der Waals surface area contributed by atoms with Gasteiger partial charge in [0.1, 0.15) is 0 Å². The highest BCUT2D eigenvalue weighted by Gasteiger charge is 2.27. The van der Waals surface area contributed by atoms with Gasteiger partial charge in [0.05, 0.1) is 24.0 Å². The van der Waals surface area contributed by atoms with E-state index in [1.807, 2.05) is 20.8 Å². The third-order valence-corrected chi connectivity index (χ3v) is 2.63. The highest BCUT2D eigenvalue weighted by molar-refractivity contribution is 5.81. The van der Waals surface area contributed by atoms with Crippen molar-refractivity contribution < 1.29 is 4.79 Å². The van der Waals surface area contributed by atoms with E-state index in [0.717, 1.165) is 5.69 Å². The lowest BCUT2D eigenvalue weighted by Crippen LogP contribution is -2.46. The zero-order valence-electron chi connectivity index (χ0n) is 10.8. The maximum Gasteiger partial charge on any atom is 0.239 e. The summed E-state index contributed by atoms with van der Waals surface area (Å²) in [7, 11) is 0. The first kappa shape index (κ1) is 13.6. The van der Waals surface area contributed by atoms with Crippen molar-refractivity contribution in [1.82, 2.24) is 14.9 Å². The summed E-state index contributed by atoms with van der Waals surface area (Å²) in [4.78, 5) is 22.0. The maximum atomic E-state index is 12.1. The lowest BCUT2D eigenvalue weighted by Gasteiger charge is -2.33. The normalized spacial score (nSPS) is 14.5. The van der Waals surface area contributed by atoms with Gasteiger partial charge >= 0.3 is 0 Å². The quantitative estimate of drug-likeness (QED) is 0.850. The Balaban J connectivity index is 2.96. The standard InChI is InChI=1S/C12H20N4O/c1-8(2)16(12(17)9(3)13)10(4)11-7-14-5-6-15-11/h5-10H,13H2,1-4H3/t9-,10-/m0/s1. The predicted molar refractivity (Wildman–Crippen MR) is 66.1 cm³/mol. The molecule has 0 aromatic carbocycles. The van der Waals surface area contributed by atoms with E-state index in [2.05, 4.69) is 9.97 Å². The Hall–Kier alpha value is -1.49. The number of carbonyl (C=O) groups excluding carboxylic acids is 1. The van der Waals surface area contributed by atoms with Crippen LogP contribution >= 0.6 is 0 Å². The van der Waals surface area contributed by atoms with Gasteiger partial charge in [0.15, 0.2) is 0 Å². The number of amides is 1. The van der Waals surface area contributed by atoms with Gasteiger partial charge in [0.25, 0.3) is 0 Å². The van der Waals surface area contributed by atoms with Gasteiger partial charge in [-0.3, -0.25) is 14.8 Å². The molecule has 17 heavy (non-hydrogen) atoms. The second-order valence-electron chi connectivity index (χ2n) is 4.43. The summed E-state index contributed by atoms with van der Waals surface area (Å²) in [6, 6.07) is -0.552. The fraction of sp³-hybridized carbons (Fsp3) is 0.583. The van der Waals surface area contributed by atoms with Crippen molar-refractivity contribution in [3.8, 4) is 0 Å². The van der Waals surface area contributed by atoms with Crippen LogP contribution in [0.15, 0.2) is 18.6 Å². The molecule has 0 spiro atoms. The van der Waals surface area contributed by atoms with Crippen molar-refractivity contribution >= 4 is 5.91 Å². The van der Waals surface area contributed by atoms with Crippen LogP contribution in [0.4, 0.5) is 0 Å². The Morgan fingerprint density at radius 2 is 1.94 bits per heavy atom. The first-order valence-corrected chi connectivity index (χ1v) is 5.78. The van der Waals surface area contributed by atoms with E-state index in [1.54, 1.807) is 30.4 Å². The van der Waals surface area contributed by atoms with Gasteiger partial charge in [-0.2, -0.15) is 0 Å². The lowest BCUT2D eigenvalue weighted by atomic mass is 10.1. The van der Waals surface area contributed by atoms with Crippen LogP contribution in [0.5, 0.6) is 0 Å². The van der Waals surface area contributed by atoms with Crippen LogP contribution in [0.1, 0.15) is 39.4 Å². The van der Waals surface area contributed by atoms with Crippen molar-refractivity contribution in [2.75, 3.05) is 0 Å². The molecule has 1 aromatic heterocycles. The highest BCUT2D eigenvalue weighted by Crippen LogP contribution is 2.20. The lowest BCUT2D eigenvalue weighted by molar-refractivity contribution is -0.136. The Bertz CT molecular complexity index is 364. The molecule has 1 aromatic rings. The zero-order chi connectivity index (χ0) is 13.0. The summed E-state index contributed by atoms with van der Waals surface area (Å²) in [6.45, 7) is 7.56. The number of nitrogens with zero attached hydrogens (tertiary/aromatic N) is 3. The minimum Gasteiger partial charge on any atom is -0.331 e. The number of nitrogens with two attached hydrogens (primary N) is 1. The molecule has 0 aliphatic carbocycles. The fourth-order valence-corrected chi connectivity index (χ4v) is 1.80. The molecule has 1 rings (SSSR count). The molecule has 0 aliphatic heterocycles. The van der Waals surface area contributed by atoms with Gasteiger partial charge in [-0.1, -0.05) is 0 Å². The second-order valence-corrected chi connectivity index (χ2v) is 4.43. The van der Waals surface area contributed by atoms with Gasteiger partial charge in [-0.25, -0.2) is 0 Å². The monoisotopic (exact) mass is 236 g/mol. The summed E-state index contributed by atoms with van der Waals surface area (Å²) < 4.78 is 0. The SMILES string of the molecule is CC(C)N(C(=O)[C@H](C)N)[C@@H](C)c1cnccn1. The zero-order valence-corrected chi connectivity index (χ0v) is 10.8. The number of hydrogen-bond donors (Lipinski definition) is 1. The molecule has 5 nitrogen and oxygen atoms in total. The van der Waals surface area contributed by atoms with E-state index in [0.29, 0.717) is 0 Å². The van der Waals surface area contributed by atoms with Gasteiger partial charge < -0.3 is 10.6 Å². The summed E-state index contributed by atoms with van der Waals surface area (Å²) in [5.41, 5.74) is 6.44. The Morgan fingerprint density at radius 3 is 2.35 bits per heavy atom. The number of carbonyl (C=O) groups is 1. The third kappa shape index (κ3) is 3.23. The number of rotatable bonds is 4. The van der Waals surface area contributed by atoms with Crippen LogP contribution in [0.3, 0.4) is 0 Å².